The Labute approximate surface area is 238 Å². The maximum Gasteiger partial charge on any atom is 0.263 e. The van der Waals surface area contributed by atoms with E-state index in [2.05, 4.69) is 30.6 Å². The molecule has 1 aliphatic rings. The lowest BCUT2D eigenvalue weighted by Crippen LogP contribution is -2.37. The number of carbonyl (C=O) groups is 1. The second kappa shape index (κ2) is 12.4. The number of fused-ring (bicyclic) bond motifs is 1. The molecule has 41 heavy (non-hydrogen) atoms. The second-order valence-electron chi connectivity index (χ2n) is 9.63. The fraction of sp³-hybridized carbons (Fsp3) is 0.276. The molecule has 0 atom stereocenters. The van der Waals surface area contributed by atoms with Crippen molar-refractivity contribution in [3.63, 3.8) is 0 Å². The molecule has 3 aromatic carbocycles. The molecule has 0 bridgehead atoms. The summed E-state index contributed by atoms with van der Waals surface area (Å²) >= 11 is 0. The molecule has 4 N–H and O–H groups in total. The number of benzene rings is 3. The standard InChI is InChI=1S/C29H32N6O5S/c1-39-22-15-21(16-23(17-22)40-2)32-27-28(34-26-9-4-3-8-25(26)33-27)35-41(37,38)24-7-5-6-19(14-24)18-31-29(36)20-10-12-30-13-11-20/h3-9,14-17,20,30H,10-13,18H2,1-2H3,(H,31,36)(H,32,33)(H,34,35). The van der Waals surface area contributed by atoms with Gasteiger partial charge in [0.15, 0.2) is 11.6 Å². The highest BCUT2D eigenvalue weighted by atomic mass is 32.2. The van der Waals surface area contributed by atoms with Crippen molar-refractivity contribution in [3.8, 4) is 11.5 Å². The SMILES string of the molecule is COc1cc(Nc2nc3ccccc3nc2NS(=O)(=O)c2cccc(CNC(=O)C3CCNCC3)c2)cc(OC)c1. The predicted molar refractivity (Wildman–Crippen MR) is 157 cm³/mol. The molecule has 1 amide bonds. The highest BCUT2D eigenvalue weighted by Gasteiger charge is 2.22. The van der Waals surface area contributed by atoms with Gasteiger partial charge in [0.05, 0.1) is 30.1 Å². The number of anilines is 3. The van der Waals surface area contributed by atoms with E-state index in [-0.39, 0.29) is 34.9 Å². The van der Waals surface area contributed by atoms with Crippen LogP contribution in [0.2, 0.25) is 0 Å². The quantitative estimate of drug-likeness (QED) is 0.222. The smallest absolute Gasteiger partial charge is 0.263 e. The van der Waals surface area contributed by atoms with Crippen LogP contribution < -0.4 is 30.1 Å². The summed E-state index contributed by atoms with van der Waals surface area (Å²) in [4.78, 5) is 21.8. The first-order valence-electron chi connectivity index (χ1n) is 13.2. The molecule has 1 saturated heterocycles. The Morgan fingerprint density at radius 2 is 1.56 bits per heavy atom. The minimum absolute atomic E-state index is 0.0192. The highest BCUT2D eigenvalue weighted by molar-refractivity contribution is 7.92. The van der Waals surface area contributed by atoms with Gasteiger partial charge in [0.1, 0.15) is 11.5 Å². The Balaban J connectivity index is 1.40. The minimum Gasteiger partial charge on any atom is -0.497 e. The summed E-state index contributed by atoms with van der Waals surface area (Å²) in [6, 6.07) is 18.8. The third-order valence-electron chi connectivity index (χ3n) is 6.80. The van der Waals surface area contributed by atoms with Crippen molar-refractivity contribution in [1.82, 2.24) is 20.6 Å². The summed E-state index contributed by atoms with van der Waals surface area (Å²) in [6.45, 7) is 1.86. The number of ether oxygens (including phenoxy) is 2. The number of nitrogens with zero attached hydrogens (tertiary/aromatic N) is 2. The number of rotatable bonds is 10. The van der Waals surface area contributed by atoms with Crippen LogP contribution in [0.3, 0.4) is 0 Å². The van der Waals surface area contributed by atoms with Crippen molar-refractivity contribution in [1.29, 1.82) is 0 Å². The van der Waals surface area contributed by atoms with E-state index in [1.165, 1.54) is 6.07 Å². The average molecular weight is 577 g/mol. The van der Waals surface area contributed by atoms with Gasteiger partial charge in [-0.3, -0.25) is 9.52 Å². The van der Waals surface area contributed by atoms with Crippen LogP contribution in [-0.4, -0.2) is 51.6 Å². The number of para-hydroxylation sites is 2. The maximum atomic E-state index is 13.5. The van der Waals surface area contributed by atoms with Crippen LogP contribution in [0.25, 0.3) is 11.0 Å². The lowest BCUT2D eigenvalue weighted by molar-refractivity contribution is -0.125. The molecule has 4 aromatic rings. The summed E-state index contributed by atoms with van der Waals surface area (Å²) < 4.78 is 40.4. The van der Waals surface area contributed by atoms with Gasteiger partial charge in [0.25, 0.3) is 10.0 Å². The fourth-order valence-electron chi connectivity index (χ4n) is 4.60. The fourth-order valence-corrected chi connectivity index (χ4v) is 5.68. The van der Waals surface area contributed by atoms with E-state index < -0.39 is 10.0 Å². The van der Waals surface area contributed by atoms with Gasteiger partial charge in [-0.2, -0.15) is 0 Å². The van der Waals surface area contributed by atoms with E-state index in [1.807, 2.05) is 6.07 Å². The molecule has 0 spiro atoms. The number of methoxy groups -OCH3 is 2. The number of amides is 1. The predicted octanol–water partition coefficient (Wildman–Crippen LogP) is 3.81. The molecule has 5 rings (SSSR count). The van der Waals surface area contributed by atoms with Crippen molar-refractivity contribution in [2.75, 3.05) is 37.3 Å². The lowest BCUT2D eigenvalue weighted by atomic mass is 9.97. The van der Waals surface area contributed by atoms with Gasteiger partial charge >= 0.3 is 0 Å². The lowest BCUT2D eigenvalue weighted by Gasteiger charge is -2.21. The number of sulfonamides is 1. The van der Waals surface area contributed by atoms with Gasteiger partial charge in [-0.1, -0.05) is 24.3 Å². The molecule has 1 aliphatic heterocycles. The monoisotopic (exact) mass is 576 g/mol. The molecule has 0 aliphatic carbocycles. The van der Waals surface area contributed by atoms with Crippen LogP contribution in [0.15, 0.2) is 71.6 Å². The molecule has 0 saturated carbocycles. The number of aromatic nitrogens is 2. The molecule has 1 aromatic heterocycles. The number of carbonyl (C=O) groups excluding carboxylic acids is 1. The topological polar surface area (TPSA) is 144 Å². The van der Waals surface area contributed by atoms with Crippen molar-refractivity contribution in [2.45, 2.75) is 24.3 Å². The first-order valence-corrected chi connectivity index (χ1v) is 14.7. The van der Waals surface area contributed by atoms with E-state index in [0.717, 1.165) is 25.9 Å². The Morgan fingerprint density at radius 1 is 0.902 bits per heavy atom. The van der Waals surface area contributed by atoms with Gasteiger partial charge in [-0.15, -0.1) is 0 Å². The normalized spacial score (nSPS) is 13.9. The Morgan fingerprint density at radius 3 is 2.22 bits per heavy atom. The highest BCUT2D eigenvalue weighted by Crippen LogP contribution is 2.31. The van der Waals surface area contributed by atoms with Crippen LogP contribution in [0, 0.1) is 5.92 Å². The molecular weight excluding hydrogens is 544 g/mol. The van der Waals surface area contributed by atoms with E-state index in [0.29, 0.717) is 33.8 Å². The summed E-state index contributed by atoms with van der Waals surface area (Å²) in [5.41, 5.74) is 2.34. The third kappa shape index (κ3) is 6.84. The van der Waals surface area contributed by atoms with Crippen LogP contribution in [-0.2, 0) is 21.4 Å². The number of piperidine rings is 1. The zero-order valence-electron chi connectivity index (χ0n) is 22.8. The van der Waals surface area contributed by atoms with Crippen molar-refractivity contribution >= 4 is 44.3 Å². The summed E-state index contributed by atoms with van der Waals surface area (Å²) in [6.07, 6.45) is 1.58. The molecule has 0 radical (unpaired) electrons. The minimum atomic E-state index is -4.07. The van der Waals surface area contributed by atoms with Crippen LogP contribution in [0.4, 0.5) is 17.3 Å². The molecule has 214 valence electrons. The average Bonchev–Trinajstić information content (AvgIpc) is 3.00. The van der Waals surface area contributed by atoms with Crippen molar-refractivity contribution in [2.24, 2.45) is 5.92 Å². The van der Waals surface area contributed by atoms with Gasteiger partial charge in [0.2, 0.25) is 5.91 Å². The largest absolute Gasteiger partial charge is 0.497 e. The van der Waals surface area contributed by atoms with Gasteiger partial charge < -0.3 is 25.4 Å². The first-order chi connectivity index (χ1) is 19.8. The zero-order valence-corrected chi connectivity index (χ0v) is 23.6. The third-order valence-corrected chi connectivity index (χ3v) is 8.14. The van der Waals surface area contributed by atoms with E-state index in [1.54, 1.807) is 68.8 Å². The van der Waals surface area contributed by atoms with Gasteiger partial charge in [-0.05, 0) is 55.8 Å². The van der Waals surface area contributed by atoms with Crippen LogP contribution in [0.1, 0.15) is 18.4 Å². The summed E-state index contributed by atoms with van der Waals surface area (Å²) in [5.74, 6) is 1.27. The maximum absolute atomic E-state index is 13.5. The number of hydrogen-bond acceptors (Lipinski definition) is 9. The van der Waals surface area contributed by atoms with Crippen LogP contribution in [0.5, 0.6) is 11.5 Å². The van der Waals surface area contributed by atoms with E-state index in [9.17, 15) is 13.2 Å². The second-order valence-corrected chi connectivity index (χ2v) is 11.3. The molecule has 1 fully saturated rings. The van der Waals surface area contributed by atoms with E-state index >= 15 is 0 Å². The van der Waals surface area contributed by atoms with Gasteiger partial charge in [-0.25, -0.2) is 18.4 Å². The summed E-state index contributed by atoms with van der Waals surface area (Å²) in [5, 5.41) is 9.33. The molecule has 0 unspecified atom stereocenters. The molecule has 12 heteroatoms. The molecular formula is C29H32N6O5S. The Hall–Kier alpha value is -4.42. The van der Waals surface area contributed by atoms with Crippen LogP contribution >= 0.6 is 0 Å². The van der Waals surface area contributed by atoms with E-state index in [4.69, 9.17) is 9.47 Å². The van der Waals surface area contributed by atoms with Crippen molar-refractivity contribution in [3.05, 3.63) is 72.3 Å². The summed E-state index contributed by atoms with van der Waals surface area (Å²) in [7, 11) is -0.982. The molecule has 11 nitrogen and oxygen atoms in total. The van der Waals surface area contributed by atoms with Gasteiger partial charge in [0, 0.05) is 36.3 Å². The Kier molecular flexibility index (Phi) is 8.50. The van der Waals surface area contributed by atoms with Crippen molar-refractivity contribution < 1.29 is 22.7 Å². The number of nitrogens with one attached hydrogen (secondary N) is 4. The first kappa shape index (κ1) is 28.1. The zero-order chi connectivity index (χ0) is 28.8. The Bertz CT molecular complexity index is 1630. The number of hydrogen-bond donors (Lipinski definition) is 4. The molecule has 2 heterocycles.